The maximum atomic E-state index is 9.34. The van der Waals surface area contributed by atoms with Crippen LogP contribution in [0.3, 0.4) is 0 Å². The largest absolute Gasteiger partial charge is 0.493 e. The average molecular weight is 408 g/mol. The molecule has 0 amide bonds. The number of hydrogen-bond donors (Lipinski definition) is 3. The molecule has 1 aromatic rings. The Morgan fingerprint density at radius 3 is 2.38 bits per heavy atom. The molecule has 0 fully saturated rings. The minimum Gasteiger partial charge on any atom is -0.493 e. The molecule has 0 bridgehead atoms. The van der Waals surface area contributed by atoms with Gasteiger partial charge in [-0.05, 0) is 49.3 Å². The van der Waals surface area contributed by atoms with E-state index >= 15 is 0 Å². The van der Waals surface area contributed by atoms with E-state index in [-0.39, 0.29) is 12.0 Å². The van der Waals surface area contributed by atoms with Crippen molar-refractivity contribution in [1.29, 1.82) is 0 Å². The SMILES string of the molecule is CCNC(=NCC(C)(C)c1ccc(OC)c(OC)c1)NCC(CCO)CC(C)C. The first-order valence-electron chi connectivity index (χ1n) is 10.6. The molecule has 1 aromatic carbocycles. The lowest BCUT2D eigenvalue weighted by atomic mass is 9.84. The molecule has 0 aliphatic heterocycles. The first kappa shape index (κ1) is 25.1. The summed E-state index contributed by atoms with van der Waals surface area (Å²) in [5, 5.41) is 16.1. The summed E-state index contributed by atoms with van der Waals surface area (Å²) in [5.41, 5.74) is 0.984. The first-order chi connectivity index (χ1) is 13.8. The van der Waals surface area contributed by atoms with Gasteiger partial charge in [0.15, 0.2) is 17.5 Å². The average Bonchev–Trinajstić information content (AvgIpc) is 2.69. The molecule has 3 N–H and O–H groups in total. The van der Waals surface area contributed by atoms with Gasteiger partial charge in [0.2, 0.25) is 0 Å². The quantitative estimate of drug-likeness (QED) is 0.365. The van der Waals surface area contributed by atoms with Crippen LogP contribution in [0.4, 0.5) is 0 Å². The van der Waals surface area contributed by atoms with Crippen LogP contribution in [0.2, 0.25) is 0 Å². The number of methoxy groups -OCH3 is 2. The van der Waals surface area contributed by atoms with Crippen molar-refractivity contribution in [1.82, 2.24) is 10.6 Å². The Labute approximate surface area is 177 Å². The molecule has 6 heteroatoms. The van der Waals surface area contributed by atoms with Crippen molar-refractivity contribution in [2.24, 2.45) is 16.8 Å². The van der Waals surface area contributed by atoms with E-state index in [0.717, 1.165) is 49.0 Å². The number of rotatable bonds is 12. The molecule has 0 saturated heterocycles. The summed E-state index contributed by atoms with van der Waals surface area (Å²) in [5.74, 6) is 3.31. The first-order valence-corrected chi connectivity index (χ1v) is 10.6. The topological polar surface area (TPSA) is 75.1 Å². The third-order valence-electron chi connectivity index (χ3n) is 5.04. The Bertz CT molecular complexity index is 630. The molecular formula is C23H41N3O3. The summed E-state index contributed by atoms with van der Waals surface area (Å²) >= 11 is 0. The van der Waals surface area contributed by atoms with Crippen LogP contribution in [0, 0.1) is 11.8 Å². The highest BCUT2D eigenvalue weighted by Crippen LogP contribution is 2.33. The molecule has 0 radical (unpaired) electrons. The lowest BCUT2D eigenvalue weighted by Crippen LogP contribution is -2.41. The Balaban J connectivity index is 2.87. The van der Waals surface area contributed by atoms with Gasteiger partial charge in [-0.2, -0.15) is 0 Å². The number of benzene rings is 1. The lowest BCUT2D eigenvalue weighted by molar-refractivity contribution is 0.243. The predicted octanol–water partition coefficient (Wildman–Crippen LogP) is 3.58. The van der Waals surface area contributed by atoms with Gasteiger partial charge in [0.1, 0.15) is 0 Å². The van der Waals surface area contributed by atoms with Crippen molar-refractivity contribution in [3.63, 3.8) is 0 Å². The van der Waals surface area contributed by atoms with Crippen molar-refractivity contribution in [2.45, 2.75) is 52.9 Å². The van der Waals surface area contributed by atoms with E-state index in [2.05, 4.69) is 51.3 Å². The van der Waals surface area contributed by atoms with Gasteiger partial charge < -0.3 is 25.2 Å². The summed E-state index contributed by atoms with van der Waals surface area (Å²) < 4.78 is 10.8. The van der Waals surface area contributed by atoms with Crippen LogP contribution < -0.4 is 20.1 Å². The van der Waals surface area contributed by atoms with E-state index in [1.54, 1.807) is 14.2 Å². The zero-order chi connectivity index (χ0) is 21.9. The van der Waals surface area contributed by atoms with Gasteiger partial charge in [-0.1, -0.05) is 33.8 Å². The zero-order valence-electron chi connectivity index (χ0n) is 19.3. The van der Waals surface area contributed by atoms with Gasteiger partial charge in [0.25, 0.3) is 0 Å². The van der Waals surface area contributed by atoms with E-state index in [1.165, 1.54) is 0 Å². The second-order valence-electron chi connectivity index (χ2n) is 8.54. The molecule has 0 aliphatic carbocycles. The summed E-state index contributed by atoms with van der Waals surface area (Å²) in [6.45, 7) is 13.3. The number of nitrogens with one attached hydrogen (secondary N) is 2. The maximum Gasteiger partial charge on any atom is 0.191 e. The van der Waals surface area contributed by atoms with Gasteiger partial charge in [0.05, 0.1) is 20.8 Å². The fourth-order valence-electron chi connectivity index (χ4n) is 3.36. The molecule has 166 valence electrons. The zero-order valence-corrected chi connectivity index (χ0v) is 19.3. The van der Waals surface area contributed by atoms with E-state index < -0.39 is 0 Å². The van der Waals surface area contributed by atoms with Gasteiger partial charge in [-0.3, -0.25) is 4.99 Å². The van der Waals surface area contributed by atoms with Gasteiger partial charge in [-0.25, -0.2) is 0 Å². The van der Waals surface area contributed by atoms with Crippen LogP contribution in [0.1, 0.15) is 53.0 Å². The molecule has 1 rings (SSSR count). The molecule has 0 heterocycles. The Kier molecular flexibility index (Phi) is 10.9. The fraction of sp³-hybridized carbons (Fsp3) is 0.696. The fourth-order valence-corrected chi connectivity index (χ4v) is 3.36. The van der Waals surface area contributed by atoms with E-state index in [1.807, 2.05) is 12.1 Å². The van der Waals surface area contributed by atoms with Crippen LogP contribution >= 0.6 is 0 Å². The van der Waals surface area contributed by atoms with Crippen LogP contribution in [0.25, 0.3) is 0 Å². The molecule has 0 spiro atoms. The normalized spacial score (nSPS) is 13.3. The molecule has 0 saturated carbocycles. The Morgan fingerprint density at radius 1 is 1.14 bits per heavy atom. The standard InChI is InChI=1S/C23H41N3O3/c1-8-24-22(25-15-18(11-12-27)13-17(2)3)26-16-23(4,5)19-9-10-20(28-6)21(14-19)29-7/h9-10,14,17-18,27H,8,11-13,15-16H2,1-7H3,(H2,24,25,26). The second-order valence-corrected chi connectivity index (χ2v) is 8.54. The highest BCUT2D eigenvalue weighted by molar-refractivity contribution is 5.79. The van der Waals surface area contributed by atoms with Crippen molar-refractivity contribution in [2.75, 3.05) is 40.5 Å². The van der Waals surface area contributed by atoms with Gasteiger partial charge >= 0.3 is 0 Å². The van der Waals surface area contributed by atoms with E-state index in [4.69, 9.17) is 14.5 Å². The van der Waals surface area contributed by atoms with Crippen molar-refractivity contribution in [3.05, 3.63) is 23.8 Å². The minimum atomic E-state index is -0.162. The monoisotopic (exact) mass is 407 g/mol. The molecule has 1 unspecified atom stereocenters. The van der Waals surface area contributed by atoms with Crippen LogP contribution in [-0.4, -0.2) is 51.5 Å². The third-order valence-corrected chi connectivity index (χ3v) is 5.04. The van der Waals surface area contributed by atoms with Gasteiger partial charge in [-0.15, -0.1) is 0 Å². The molecule has 0 aromatic heterocycles. The number of ether oxygens (including phenoxy) is 2. The summed E-state index contributed by atoms with van der Waals surface area (Å²) in [6.07, 6.45) is 1.89. The van der Waals surface area contributed by atoms with Gasteiger partial charge in [0, 0.05) is 25.1 Å². The minimum absolute atomic E-state index is 0.162. The second kappa shape index (κ2) is 12.6. The summed E-state index contributed by atoms with van der Waals surface area (Å²) in [4.78, 5) is 4.83. The third kappa shape index (κ3) is 8.52. The number of aliphatic imine (C=N–C) groups is 1. The van der Waals surface area contributed by atoms with E-state index in [9.17, 15) is 5.11 Å². The number of aliphatic hydroxyl groups is 1. The number of aliphatic hydroxyl groups excluding tert-OH is 1. The smallest absolute Gasteiger partial charge is 0.191 e. The molecule has 1 atom stereocenters. The van der Waals surface area contributed by atoms with Crippen molar-refractivity contribution in [3.8, 4) is 11.5 Å². The lowest BCUT2D eigenvalue weighted by Gasteiger charge is -2.25. The van der Waals surface area contributed by atoms with E-state index in [0.29, 0.717) is 18.4 Å². The number of hydrogen-bond acceptors (Lipinski definition) is 4. The molecular weight excluding hydrogens is 366 g/mol. The maximum absolute atomic E-state index is 9.34. The van der Waals surface area contributed by atoms with Crippen LogP contribution in [-0.2, 0) is 5.41 Å². The molecule has 6 nitrogen and oxygen atoms in total. The summed E-state index contributed by atoms with van der Waals surface area (Å²) in [6, 6.07) is 6.03. The highest BCUT2D eigenvalue weighted by atomic mass is 16.5. The van der Waals surface area contributed by atoms with Crippen molar-refractivity contribution >= 4 is 5.96 Å². The van der Waals surface area contributed by atoms with Crippen molar-refractivity contribution < 1.29 is 14.6 Å². The number of nitrogens with zero attached hydrogens (tertiary/aromatic N) is 1. The molecule has 29 heavy (non-hydrogen) atoms. The Morgan fingerprint density at radius 2 is 1.83 bits per heavy atom. The van der Waals surface area contributed by atoms with Crippen LogP contribution in [0.15, 0.2) is 23.2 Å². The molecule has 0 aliphatic rings. The Hall–Kier alpha value is -1.95. The highest BCUT2D eigenvalue weighted by Gasteiger charge is 2.22. The summed E-state index contributed by atoms with van der Waals surface area (Å²) in [7, 11) is 3.30. The van der Waals surface area contributed by atoms with Crippen LogP contribution in [0.5, 0.6) is 11.5 Å². The number of guanidine groups is 1. The predicted molar refractivity (Wildman–Crippen MR) is 121 cm³/mol.